The second kappa shape index (κ2) is 7.33. The standard InChI is InChI=1S/C20H24FN5/c1-12-9-23-26(11-12)20-7-6-17(8-19(20)21)13(2)24-14(3)18-10-22-16(5)25-15(18)4/h6-11,13-14,24H,1-5H3. The van der Waals surface area contributed by atoms with Crippen LogP contribution in [0.5, 0.6) is 0 Å². The average Bonchev–Trinajstić information content (AvgIpc) is 3.00. The summed E-state index contributed by atoms with van der Waals surface area (Å²) in [4.78, 5) is 8.70. The highest BCUT2D eigenvalue weighted by atomic mass is 19.1. The van der Waals surface area contributed by atoms with Crippen LogP contribution in [0.4, 0.5) is 4.39 Å². The predicted molar refractivity (Wildman–Crippen MR) is 99.7 cm³/mol. The summed E-state index contributed by atoms with van der Waals surface area (Å²) >= 11 is 0. The highest BCUT2D eigenvalue weighted by Crippen LogP contribution is 2.23. The molecule has 2 aromatic heterocycles. The zero-order valence-corrected chi connectivity index (χ0v) is 15.8. The number of benzene rings is 1. The van der Waals surface area contributed by atoms with Gasteiger partial charge in [-0.15, -0.1) is 0 Å². The van der Waals surface area contributed by atoms with E-state index in [0.717, 1.165) is 28.2 Å². The molecule has 5 nitrogen and oxygen atoms in total. The molecule has 2 atom stereocenters. The first kappa shape index (κ1) is 18.2. The van der Waals surface area contributed by atoms with E-state index < -0.39 is 0 Å². The number of hydrogen-bond acceptors (Lipinski definition) is 4. The van der Waals surface area contributed by atoms with Crippen LogP contribution in [0.1, 0.15) is 54.1 Å². The Labute approximate surface area is 153 Å². The van der Waals surface area contributed by atoms with Crippen molar-refractivity contribution in [3.63, 3.8) is 0 Å². The van der Waals surface area contributed by atoms with Crippen molar-refractivity contribution in [2.24, 2.45) is 0 Å². The third-order valence-electron chi connectivity index (χ3n) is 4.53. The fraction of sp³-hybridized carbons (Fsp3) is 0.350. The van der Waals surface area contributed by atoms with Crippen LogP contribution >= 0.6 is 0 Å². The van der Waals surface area contributed by atoms with Crippen LogP contribution in [0.2, 0.25) is 0 Å². The fourth-order valence-electron chi connectivity index (χ4n) is 3.10. The van der Waals surface area contributed by atoms with Gasteiger partial charge in [0, 0.05) is 35.7 Å². The van der Waals surface area contributed by atoms with E-state index in [9.17, 15) is 4.39 Å². The minimum atomic E-state index is -0.290. The number of halogens is 1. The first-order valence-electron chi connectivity index (χ1n) is 8.72. The van der Waals surface area contributed by atoms with Gasteiger partial charge in [0.1, 0.15) is 17.3 Å². The Balaban J connectivity index is 1.77. The average molecular weight is 353 g/mol. The predicted octanol–water partition coefficient (Wildman–Crippen LogP) is 4.14. The van der Waals surface area contributed by atoms with Gasteiger partial charge in [-0.1, -0.05) is 6.07 Å². The molecule has 2 unspecified atom stereocenters. The highest BCUT2D eigenvalue weighted by molar-refractivity contribution is 5.37. The summed E-state index contributed by atoms with van der Waals surface area (Å²) in [5.41, 5.74) is 4.33. The number of aromatic nitrogens is 4. The van der Waals surface area contributed by atoms with Gasteiger partial charge in [-0.05, 0) is 57.9 Å². The minimum Gasteiger partial charge on any atom is -0.304 e. The molecule has 0 amide bonds. The third kappa shape index (κ3) is 3.80. The number of aryl methyl sites for hydroxylation is 3. The topological polar surface area (TPSA) is 55.6 Å². The molecule has 0 fully saturated rings. The molecule has 6 heteroatoms. The molecular weight excluding hydrogens is 329 g/mol. The van der Waals surface area contributed by atoms with Crippen molar-refractivity contribution in [2.45, 2.75) is 46.7 Å². The van der Waals surface area contributed by atoms with Crippen molar-refractivity contribution >= 4 is 0 Å². The van der Waals surface area contributed by atoms with Crippen molar-refractivity contribution < 1.29 is 4.39 Å². The lowest BCUT2D eigenvalue weighted by Crippen LogP contribution is -2.24. The largest absolute Gasteiger partial charge is 0.304 e. The zero-order chi connectivity index (χ0) is 18.8. The number of rotatable bonds is 5. The first-order chi connectivity index (χ1) is 12.3. The molecule has 3 aromatic rings. The Bertz CT molecular complexity index is 918. The molecule has 0 spiro atoms. The van der Waals surface area contributed by atoms with E-state index in [4.69, 9.17) is 0 Å². The number of nitrogens with one attached hydrogen (secondary N) is 1. The Morgan fingerprint density at radius 3 is 2.46 bits per heavy atom. The Hall–Kier alpha value is -2.60. The van der Waals surface area contributed by atoms with E-state index in [-0.39, 0.29) is 17.9 Å². The molecule has 0 aliphatic heterocycles. The first-order valence-corrected chi connectivity index (χ1v) is 8.72. The zero-order valence-electron chi connectivity index (χ0n) is 15.8. The summed E-state index contributed by atoms with van der Waals surface area (Å²) in [6, 6.07) is 5.30. The second-order valence-corrected chi connectivity index (χ2v) is 6.74. The fourth-order valence-corrected chi connectivity index (χ4v) is 3.10. The monoisotopic (exact) mass is 353 g/mol. The van der Waals surface area contributed by atoms with Gasteiger partial charge in [-0.2, -0.15) is 5.10 Å². The second-order valence-electron chi connectivity index (χ2n) is 6.74. The van der Waals surface area contributed by atoms with Crippen LogP contribution in [0, 0.1) is 26.6 Å². The molecule has 1 aromatic carbocycles. The van der Waals surface area contributed by atoms with E-state index in [1.807, 2.05) is 46.2 Å². The molecule has 0 saturated carbocycles. The van der Waals surface area contributed by atoms with Crippen LogP contribution in [0.15, 0.2) is 36.8 Å². The van der Waals surface area contributed by atoms with Gasteiger partial charge in [0.25, 0.3) is 0 Å². The van der Waals surface area contributed by atoms with Crippen molar-refractivity contribution in [1.29, 1.82) is 0 Å². The van der Waals surface area contributed by atoms with Crippen LogP contribution in [0.3, 0.4) is 0 Å². The minimum absolute atomic E-state index is 0.0198. The maximum Gasteiger partial charge on any atom is 0.149 e. The Morgan fingerprint density at radius 1 is 1.08 bits per heavy atom. The van der Waals surface area contributed by atoms with Gasteiger partial charge in [0.05, 0.1) is 6.20 Å². The summed E-state index contributed by atoms with van der Waals surface area (Å²) in [6.07, 6.45) is 5.37. The van der Waals surface area contributed by atoms with Gasteiger partial charge in [0.15, 0.2) is 0 Å². The van der Waals surface area contributed by atoms with Crippen molar-refractivity contribution in [1.82, 2.24) is 25.1 Å². The van der Waals surface area contributed by atoms with Crippen LogP contribution < -0.4 is 5.32 Å². The van der Waals surface area contributed by atoms with Gasteiger partial charge in [0.2, 0.25) is 0 Å². The SMILES string of the molecule is Cc1cnn(-c2ccc(C(C)NC(C)c3cnc(C)nc3C)cc2F)c1. The molecule has 26 heavy (non-hydrogen) atoms. The quantitative estimate of drug-likeness (QED) is 0.749. The number of nitrogens with zero attached hydrogens (tertiary/aromatic N) is 4. The smallest absolute Gasteiger partial charge is 0.149 e. The lowest BCUT2D eigenvalue weighted by molar-refractivity contribution is 0.487. The summed E-state index contributed by atoms with van der Waals surface area (Å²) in [6.45, 7) is 9.87. The van der Waals surface area contributed by atoms with Gasteiger partial charge < -0.3 is 5.32 Å². The lowest BCUT2D eigenvalue weighted by atomic mass is 10.0. The lowest BCUT2D eigenvalue weighted by Gasteiger charge is -2.22. The molecule has 0 saturated heterocycles. The van der Waals surface area contributed by atoms with Crippen molar-refractivity contribution in [2.75, 3.05) is 0 Å². The maximum absolute atomic E-state index is 14.6. The number of hydrogen-bond donors (Lipinski definition) is 1. The summed E-state index contributed by atoms with van der Waals surface area (Å²) in [5.74, 6) is 0.472. The summed E-state index contributed by atoms with van der Waals surface area (Å²) < 4.78 is 16.1. The molecule has 0 bridgehead atoms. The van der Waals surface area contributed by atoms with E-state index in [1.165, 1.54) is 0 Å². The molecule has 1 N–H and O–H groups in total. The summed E-state index contributed by atoms with van der Waals surface area (Å²) in [5, 5.41) is 7.67. The van der Waals surface area contributed by atoms with Crippen LogP contribution in [-0.2, 0) is 0 Å². The molecule has 3 rings (SSSR count). The highest BCUT2D eigenvalue weighted by Gasteiger charge is 2.16. The van der Waals surface area contributed by atoms with Crippen LogP contribution in [-0.4, -0.2) is 19.7 Å². The molecule has 0 aliphatic rings. The van der Waals surface area contributed by atoms with E-state index in [2.05, 4.69) is 27.3 Å². The Morgan fingerprint density at radius 2 is 1.85 bits per heavy atom. The molecule has 0 radical (unpaired) electrons. The molecule has 0 aliphatic carbocycles. The third-order valence-corrected chi connectivity index (χ3v) is 4.53. The Kier molecular flexibility index (Phi) is 5.13. The van der Waals surface area contributed by atoms with Crippen LogP contribution in [0.25, 0.3) is 5.69 Å². The molecule has 136 valence electrons. The van der Waals surface area contributed by atoms with Gasteiger partial charge >= 0.3 is 0 Å². The summed E-state index contributed by atoms with van der Waals surface area (Å²) in [7, 11) is 0. The van der Waals surface area contributed by atoms with Crippen molar-refractivity contribution in [3.05, 3.63) is 70.8 Å². The van der Waals surface area contributed by atoms with Crippen molar-refractivity contribution in [3.8, 4) is 5.69 Å². The van der Waals surface area contributed by atoms with E-state index in [0.29, 0.717) is 5.69 Å². The molecule has 2 heterocycles. The van der Waals surface area contributed by atoms with E-state index >= 15 is 0 Å². The van der Waals surface area contributed by atoms with Gasteiger partial charge in [-0.3, -0.25) is 0 Å². The maximum atomic E-state index is 14.6. The normalized spacial score (nSPS) is 13.6. The van der Waals surface area contributed by atoms with Gasteiger partial charge in [-0.25, -0.2) is 19.0 Å². The van der Waals surface area contributed by atoms with E-state index in [1.54, 1.807) is 23.0 Å². The molecular formula is C20H24FN5.